The number of nitrogens with zero attached hydrogens (tertiary/aromatic N) is 2. The number of rotatable bonds is 4. The third kappa shape index (κ3) is 3.74. The van der Waals surface area contributed by atoms with Crippen molar-refractivity contribution in [3.05, 3.63) is 0 Å². The Labute approximate surface area is 126 Å². The minimum atomic E-state index is -0.255. The van der Waals surface area contributed by atoms with E-state index in [1.54, 1.807) is 14.1 Å². The Bertz CT molecular complexity index is 402. The SMILES string of the molecule is CC(C)C(=O)N1CC2(C[C@@H](OCC(=O)N(C)C)CCO2)C1. The Kier molecular flexibility index (Phi) is 4.88. The molecule has 0 saturated carbocycles. The average Bonchev–Trinajstić information content (AvgIpc) is 2.41. The molecule has 0 aromatic rings. The first-order valence-corrected chi connectivity index (χ1v) is 7.57. The van der Waals surface area contributed by atoms with Crippen molar-refractivity contribution < 1.29 is 19.1 Å². The van der Waals surface area contributed by atoms with Crippen molar-refractivity contribution in [2.24, 2.45) is 5.92 Å². The number of likely N-dealkylation sites (N-methyl/N-ethyl adjacent to an activating group) is 1. The molecule has 2 saturated heterocycles. The van der Waals surface area contributed by atoms with E-state index in [-0.39, 0.29) is 36.0 Å². The molecule has 0 bridgehead atoms. The quantitative estimate of drug-likeness (QED) is 0.759. The van der Waals surface area contributed by atoms with Crippen LogP contribution in [0, 0.1) is 5.92 Å². The van der Waals surface area contributed by atoms with Crippen molar-refractivity contribution in [3.8, 4) is 0 Å². The Morgan fingerprint density at radius 1 is 1.38 bits per heavy atom. The zero-order chi connectivity index (χ0) is 15.6. The van der Waals surface area contributed by atoms with Gasteiger partial charge in [-0.05, 0) is 6.42 Å². The summed E-state index contributed by atoms with van der Waals surface area (Å²) in [5.41, 5.74) is -0.255. The summed E-state index contributed by atoms with van der Waals surface area (Å²) in [6.45, 7) is 5.85. The lowest BCUT2D eigenvalue weighted by Crippen LogP contribution is -2.67. The van der Waals surface area contributed by atoms with Gasteiger partial charge in [0, 0.05) is 33.0 Å². The topological polar surface area (TPSA) is 59.1 Å². The smallest absolute Gasteiger partial charge is 0.248 e. The molecule has 2 aliphatic rings. The number of carbonyl (C=O) groups is 2. The fraction of sp³-hybridized carbons (Fsp3) is 0.867. The molecule has 21 heavy (non-hydrogen) atoms. The molecule has 2 rings (SSSR count). The highest BCUT2D eigenvalue weighted by Crippen LogP contribution is 2.35. The van der Waals surface area contributed by atoms with Crippen LogP contribution in [0.15, 0.2) is 0 Å². The van der Waals surface area contributed by atoms with Crippen LogP contribution in [0.1, 0.15) is 26.7 Å². The van der Waals surface area contributed by atoms with Crippen LogP contribution in [-0.2, 0) is 19.1 Å². The fourth-order valence-electron chi connectivity index (χ4n) is 2.83. The van der Waals surface area contributed by atoms with Crippen molar-refractivity contribution in [3.63, 3.8) is 0 Å². The highest BCUT2D eigenvalue weighted by atomic mass is 16.5. The minimum absolute atomic E-state index is 0.0238. The maximum absolute atomic E-state index is 11.9. The van der Waals surface area contributed by atoms with E-state index in [1.807, 2.05) is 18.7 Å². The highest BCUT2D eigenvalue weighted by molar-refractivity contribution is 5.79. The third-order valence-corrected chi connectivity index (χ3v) is 4.15. The summed E-state index contributed by atoms with van der Waals surface area (Å²) in [6, 6.07) is 0. The molecule has 0 radical (unpaired) electrons. The number of hydrogen-bond acceptors (Lipinski definition) is 4. The number of amides is 2. The fourth-order valence-corrected chi connectivity index (χ4v) is 2.83. The van der Waals surface area contributed by atoms with Gasteiger partial charge in [0.05, 0.1) is 19.2 Å². The van der Waals surface area contributed by atoms with Crippen LogP contribution in [0.25, 0.3) is 0 Å². The van der Waals surface area contributed by atoms with E-state index in [4.69, 9.17) is 9.47 Å². The van der Waals surface area contributed by atoms with Crippen LogP contribution in [0.4, 0.5) is 0 Å². The second kappa shape index (κ2) is 6.32. The van der Waals surface area contributed by atoms with E-state index in [2.05, 4.69) is 0 Å². The van der Waals surface area contributed by atoms with Crippen molar-refractivity contribution in [1.29, 1.82) is 0 Å². The Morgan fingerprint density at radius 2 is 2.05 bits per heavy atom. The molecule has 2 aliphatic heterocycles. The van der Waals surface area contributed by atoms with E-state index in [9.17, 15) is 9.59 Å². The predicted molar refractivity (Wildman–Crippen MR) is 77.8 cm³/mol. The zero-order valence-electron chi connectivity index (χ0n) is 13.4. The zero-order valence-corrected chi connectivity index (χ0v) is 13.4. The summed E-state index contributed by atoms with van der Waals surface area (Å²) < 4.78 is 11.6. The molecule has 0 aromatic heterocycles. The van der Waals surface area contributed by atoms with Gasteiger partial charge in [-0.3, -0.25) is 9.59 Å². The molecule has 2 amide bonds. The van der Waals surface area contributed by atoms with Gasteiger partial charge in [0.1, 0.15) is 12.2 Å². The lowest BCUT2D eigenvalue weighted by Gasteiger charge is -2.53. The Hall–Kier alpha value is -1.14. The van der Waals surface area contributed by atoms with Crippen LogP contribution < -0.4 is 0 Å². The Morgan fingerprint density at radius 3 is 2.62 bits per heavy atom. The second-order valence-electron chi connectivity index (χ2n) is 6.59. The van der Waals surface area contributed by atoms with Gasteiger partial charge in [0.2, 0.25) is 11.8 Å². The van der Waals surface area contributed by atoms with Gasteiger partial charge in [-0.1, -0.05) is 13.8 Å². The summed E-state index contributed by atoms with van der Waals surface area (Å²) >= 11 is 0. The Balaban J connectivity index is 1.80. The lowest BCUT2D eigenvalue weighted by molar-refractivity contribution is -0.203. The summed E-state index contributed by atoms with van der Waals surface area (Å²) in [5, 5.41) is 0. The van der Waals surface area contributed by atoms with E-state index >= 15 is 0 Å². The van der Waals surface area contributed by atoms with Gasteiger partial charge >= 0.3 is 0 Å². The van der Waals surface area contributed by atoms with Crippen molar-refractivity contribution in [1.82, 2.24) is 9.80 Å². The molecule has 1 spiro atoms. The molecule has 2 heterocycles. The lowest BCUT2D eigenvalue weighted by atomic mass is 9.84. The summed E-state index contributed by atoms with van der Waals surface area (Å²) in [4.78, 5) is 26.8. The number of hydrogen-bond donors (Lipinski definition) is 0. The van der Waals surface area contributed by atoms with Crippen LogP contribution in [0.2, 0.25) is 0 Å². The monoisotopic (exact) mass is 298 g/mol. The minimum Gasteiger partial charge on any atom is -0.371 e. The maximum atomic E-state index is 11.9. The molecule has 6 nitrogen and oxygen atoms in total. The summed E-state index contributed by atoms with van der Waals surface area (Å²) in [5.74, 6) is 0.173. The van der Waals surface area contributed by atoms with Gasteiger partial charge in [-0.25, -0.2) is 0 Å². The molecule has 120 valence electrons. The van der Waals surface area contributed by atoms with Gasteiger partial charge in [-0.2, -0.15) is 0 Å². The molecule has 0 unspecified atom stereocenters. The van der Waals surface area contributed by atoms with Gasteiger partial charge < -0.3 is 19.3 Å². The van der Waals surface area contributed by atoms with Gasteiger partial charge in [-0.15, -0.1) is 0 Å². The largest absolute Gasteiger partial charge is 0.371 e. The van der Waals surface area contributed by atoms with Crippen LogP contribution in [0.5, 0.6) is 0 Å². The number of likely N-dealkylation sites (tertiary alicyclic amines) is 1. The molecule has 1 atom stereocenters. The first kappa shape index (κ1) is 16.2. The molecular weight excluding hydrogens is 272 g/mol. The molecule has 6 heteroatoms. The van der Waals surface area contributed by atoms with E-state index < -0.39 is 0 Å². The van der Waals surface area contributed by atoms with Crippen LogP contribution >= 0.6 is 0 Å². The molecular formula is C15H26N2O4. The molecule has 0 aliphatic carbocycles. The second-order valence-corrected chi connectivity index (χ2v) is 6.59. The number of ether oxygens (including phenoxy) is 2. The van der Waals surface area contributed by atoms with Crippen molar-refractivity contribution in [2.75, 3.05) is 40.4 Å². The van der Waals surface area contributed by atoms with Crippen molar-refractivity contribution >= 4 is 11.8 Å². The average molecular weight is 298 g/mol. The summed E-state index contributed by atoms with van der Waals surface area (Å²) in [7, 11) is 3.44. The molecule has 2 fully saturated rings. The van der Waals surface area contributed by atoms with Gasteiger partial charge in [0.25, 0.3) is 0 Å². The maximum Gasteiger partial charge on any atom is 0.248 e. The number of carbonyl (C=O) groups excluding carboxylic acids is 2. The van der Waals surface area contributed by atoms with Gasteiger partial charge in [0.15, 0.2) is 0 Å². The summed E-state index contributed by atoms with van der Waals surface area (Å²) in [6.07, 6.45) is 1.61. The first-order chi connectivity index (χ1) is 9.83. The van der Waals surface area contributed by atoms with Crippen molar-refractivity contribution in [2.45, 2.75) is 38.4 Å². The molecule has 0 aromatic carbocycles. The highest BCUT2D eigenvalue weighted by Gasteiger charge is 2.49. The standard InChI is InChI=1S/C15H26N2O4/c1-11(2)14(19)17-9-15(10-17)7-12(5-6-21-15)20-8-13(18)16(3)4/h11-12H,5-10H2,1-4H3/t12-/m0/s1. The van der Waals surface area contributed by atoms with E-state index in [0.29, 0.717) is 19.7 Å². The normalized spacial score (nSPS) is 24.0. The van der Waals surface area contributed by atoms with E-state index in [0.717, 1.165) is 12.8 Å². The van der Waals surface area contributed by atoms with Crippen LogP contribution in [-0.4, -0.2) is 73.7 Å². The molecule has 0 N–H and O–H groups in total. The first-order valence-electron chi connectivity index (χ1n) is 7.57. The predicted octanol–water partition coefficient (Wildman–Crippen LogP) is 0.507. The van der Waals surface area contributed by atoms with Crippen LogP contribution in [0.3, 0.4) is 0 Å². The van der Waals surface area contributed by atoms with E-state index in [1.165, 1.54) is 4.90 Å². The third-order valence-electron chi connectivity index (χ3n) is 4.15.